The summed E-state index contributed by atoms with van der Waals surface area (Å²) in [6.45, 7) is 2.70. The molecule has 148 valence electrons. The standard InChI is InChI=1S/C24H23NO4/c1-2-17-10-6-7-11-18(17)25-15-24-13-12-19(29-24)20(21(24)22(25)26)23(27)28-14-16-8-4-3-5-9-16/h3-13,19-21H,2,14-15H2,1H3/t19-,20+,21+,24-/m1/s1. The van der Waals surface area contributed by atoms with Crippen LogP contribution in [0.1, 0.15) is 18.1 Å². The number of anilines is 1. The maximum atomic E-state index is 13.4. The molecular formula is C24H23NO4. The number of carbonyl (C=O) groups is 2. The first-order valence-electron chi connectivity index (χ1n) is 10.1. The molecule has 0 saturated carbocycles. The summed E-state index contributed by atoms with van der Waals surface area (Å²) in [6.07, 6.45) is 4.32. The smallest absolute Gasteiger partial charge is 0.313 e. The Bertz CT molecular complexity index is 985. The first kappa shape index (κ1) is 18.1. The molecule has 0 radical (unpaired) electrons. The number of hydrogen-bond acceptors (Lipinski definition) is 4. The molecule has 3 aliphatic heterocycles. The van der Waals surface area contributed by atoms with E-state index < -0.39 is 23.5 Å². The van der Waals surface area contributed by atoms with Crippen molar-refractivity contribution in [3.8, 4) is 0 Å². The minimum Gasteiger partial charge on any atom is -0.460 e. The molecule has 0 unspecified atom stereocenters. The van der Waals surface area contributed by atoms with Gasteiger partial charge in [-0.1, -0.05) is 67.6 Å². The molecular weight excluding hydrogens is 366 g/mol. The van der Waals surface area contributed by atoms with Gasteiger partial charge in [-0.2, -0.15) is 0 Å². The van der Waals surface area contributed by atoms with E-state index in [9.17, 15) is 9.59 Å². The van der Waals surface area contributed by atoms with Crippen molar-refractivity contribution in [3.63, 3.8) is 0 Å². The highest BCUT2D eigenvalue weighted by Gasteiger charge is 2.67. The van der Waals surface area contributed by atoms with E-state index >= 15 is 0 Å². The van der Waals surface area contributed by atoms with E-state index in [1.807, 2.05) is 66.7 Å². The number of para-hydroxylation sites is 1. The molecule has 5 heteroatoms. The van der Waals surface area contributed by atoms with Gasteiger partial charge in [0.05, 0.1) is 18.6 Å². The van der Waals surface area contributed by atoms with E-state index in [-0.39, 0.29) is 18.5 Å². The Morgan fingerprint density at radius 3 is 2.72 bits per heavy atom. The second kappa shape index (κ2) is 6.85. The number of hydrogen-bond donors (Lipinski definition) is 0. The van der Waals surface area contributed by atoms with Crippen molar-refractivity contribution in [2.24, 2.45) is 11.8 Å². The zero-order chi connectivity index (χ0) is 20.0. The molecule has 2 aromatic rings. The Morgan fingerprint density at radius 2 is 1.93 bits per heavy atom. The van der Waals surface area contributed by atoms with Crippen LogP contribution in [0.3, 0.4) is 0 Å². The number of nitrogens with zero attached hydrogens (tertiary/aromatic N) is 1. The van der Waals surface area contributed by atoms with Gasteiger partial charge in [0.15, 0.2) is 0 Å². The lowest BCUT2D eigenvalue weighted by Gasteiger charge is -2.23. The van der Waals surface area contributed by atoms with Crippen molar-refractivity contribution in [2.75, 3.05) is 11.4 Å². The van der Waals surface area contributed by atoms with Crippen molar-refractivity contribution in [2.45, 2.75) is 31.7 Å². The van der Waals surface area contributed by atoms with Crippen LogP contribution >= 0.6 is 0 Å². The molecule has 3 aliphatic rings. The lowest BCUT2D eigenvalue weighted by atomic mass is 9.77. The molecule has 1 amide bonds. The van der Waals surface area contributed by atoms with Gasteiger partial charge < -0.3 is 14.4 Å². The summed E-state index contributed by atoms with van der Waals surface area (Å²) < 4.78 is 11.8. The lowest BCUT2D eigenvalue weighted by molar-refractivity contribution is -0.153. The van der Waals surface area contributed by atoms with Gasteiger partial charge in [-0.25, -0.2) is 0 Å². The van der Waals surface area contributed by atoms with Crippen LogP contribution in [-0.2, 0) is 32.1 Å². The van der Waals surface area contributed by atoms with Gasteiger partial charge in [-0.05, 0) is 23.6 Å². The fourth-order valence-electron chi connectivity index (χ4n) is 4.87. The quantitative estimate of drug-likeness (QED) is 0.582. The third-order valence-electron chi connectivity index (χ3n) is 6.26. The van der Waals surface area contributed by atoms with Crippen LogP contribution in [0.5, 0.6) is 0 Å². The zero-order valence-corrected chi connectivity index (χ0v) is 16.3. The number of carbonyl (C=O) groups excluding carboxylic acids is 2. The maximum absolute atomic E-state index is 13.4. The minimum absolute atomic E-state index is 0.0561. The van der Waals surface area contributed by atoms with Gasteiger partial charge in [-0.3, -0.25) is 9.59 Å². The average molecular weight is 389 g/mol. The van der Waals surface area contributed by atoms with E-state index in [4.69, 9.17) is 9.47 Å². The number of aryl methyl sites for hydroxylation is 1. The topological polar surface area (TPSA) is 55.8 Å². The second-order valence-corrected chi connectivity index (χ2v) is 7.90. The highest BCUT2D eigenvalue weighted by molar-refractivity contribution is 6.03. The Kier molecular flexibility index (Phi) is 4.28. The Hall–Kier alpha value is -2.92. The molecule has 0 aliphatic carbocycles. The van der Waals surface area contributed by atoms with Crippen LogP contribution in [0, 0.1) is 11.8 Å². The van der Waals surface area contributed by atoms with Gasteiger partial charge >= 0.3 is 5.97 Å². The highest BCUT2D eigenvalue weighted by Crippen LogP contribution is 2.53. The fourth-order valence-corrected chi connectivity index (χ4v) is 4.87. The number of benzene rings is 2. The van der Waals surface area contributed by atoms with Gasteiger partial charge in [0.25, 0.3) is 0 Å². The minimum atomic E-state index is -0.737. The summed E-state index contributed by atoms with van der Waals surface area (Å²) in [5.74, 6) is -1.56. The monoisotopic (exact) mass is 389 g/mol. The van der Waals surface area contributed by atoms with Crippen LogP contribution in [0.2, 0.25) is 0 Å². The summed E-state index contributed by atoms with van der Waals surface area (Å²) in [5.41, 5.74) is 2.20. The van der Waals surface area contributed by atoms with Crippen molar-refractivity contribution in [1.82, 2.24) is 0 Å². The Morgan fingerprint density at radius 1 is 1.17 bits per heavy atom. The van der Waals surface area contributed by atoms with Crippen LogP contribution < -0.4 is 4.90 Å². The number of esters is 1. The van der Waals surface area contributed by atoms with Crippen molar-refractivity contribution in [3.05, 3.63) is 77.9 Å². The van der Waals surface area contributed by atoms with E-state index in [0.717, 1.165) is 23.2 Å². The molecule has 4 atom stereocenters. The number of fused-ring (bicyclic) bond motifs is 1. The Balaban J connectivity index is 1.40. The van der Waals surface area contributed by atoms with E-state index in [1.165, 1.54) is 0 Å². The van der Waals surface area contributed by atoms with E-state index in [2.05, 4.69) is 6.92 Å². The summed E-state index contributed by atoms with van der Waals surface area (Å²) in [5, 5.41) is 0. The predicted molar refractivity (Wildman–Crippen MR) is 108 cm³/mol. The third kappa shape index (κ3) is 2.80. The van der Waals surface area contributed by atoms with Gasteiger partial charge in [-0.15, -0.1) is 0 Å². The van der Waals surface area contributed by atoms with Crippen LogP contribution in [0.25, 0.3) is 0 Å². The molecule has 0 aromatic heterocycles. The average Bonchev–Trinajstić information content (AvgIpc) is 3.41. The van der Waals surface area contributed by atoms with Gasteiger partial charge in [0.2, 0.25) is 5.91 Å². The van der Waals surface area contributed by atoms with Crippen LogP contribution in [0.4, 0.5) is 5.69 Å². The predicted octanol–water partition coefficient (Wildman–Crippen LogP) is 3.28. The number of rotatable bonds is 5. The summed E-state index contributed by atoms with van der Waals surface area (Å²) in [7, 11) is 0. The largest absolute Gasteiger partial charge is 0.460 e. The van der Waals surface area contributed by atoms with Gasteiger partial charge in [0.1, 0.15) is 18.1 Å². The van der Waals surface area contributed by atoms with E-state index in [1.54, 1.807) is 4.90 Å². The molecule has 5 nitrogen and oxygen atoms in total. The number of ether oxygens (including phenoxy) is 2. The van der Waals surface area contributed by atoms with E-state index in [0.29, 0.717) is 6.54 Å². The Labute approximate surface area is 169 Å². The van der Waals surface area contributed by atoms with Crippen molar-refractivity contribution < 1.29 is 19.1 Å². The first-order chi connectivity index (χ1) is 14.1. The zero-order valence-electron chi connectivity index (χ0n) is 16.3. The highest BCUT2D eigenvalue weighted by atomic mass is 16.6. The molecule has 2 aromatic carbocycles. The van der Waals surface area contributed by atoms with Crippen molar-refractivity contribution in [1.29, 1.82) is 0 Å². The molecule has 2 fully saturated rings. The molecule has 5 rings (SSSR count). The summed E-state index contributed by atoms with van der Waals surface area (Å²) in [6, 6.07) is 17.5. The van der Waals surface area contributed by atoms with Gasteiger partial charge in [0, 0.05) is 5.69 Å². The van der Waals surface area contributed by atoms with Crippen LogP contribution in [0.15, 0.2) is 66.7 Å². The normalized spacial score (nSPS) is 29.3. The molecule has 29 heavy (non-hydrogen) atoms. The molecule has 0 N–H and O–H groups in total. The van der Waals surface area contributed by atoms with Crippen LogP contribution in [-0.4, -0.2) is 30.1 Å². The molecule has 1 spiro atoms. The third-order valence-corrected chi connectivity index (χ3v) is 6.26. The summed E-state index contributed by atoms with van der Waals surface area (Å²) in [4.78, 5) is 28.2. The lowest BCUT2D eigenvalue weighted by Crippen LogP contribution is -2.40. The molecule has 2 bridgehead atoms. The second-order valence-electron chi connectivity index (χ2n) is 7.90. The summed E-state index contributed by atoms with van der Waals surface area (Å²) >= 11 is 0. The fraction of sp³-hybridized carbons (Fsp3) is 0.333. The van der Waals surface area contributed by atoms with Crippen molar-refractivity contribution >= 4 is 17.6 Å². The maximum Gasteiger partial charge on any atom is 0.313 e. The molecule has 3 heterocycles. The first-order valence-corrected chi connectivity index (χ1v) is 10.1. The number of amides is 1. The molecule has 2 saturated heterocycles. The SMILES string of the molecule is CCc1ccccc1N1C[C@@]23C=C[C@@H](O2)[C@H](C(=O)OCc2ccccc2)[C@H]3C1=O.